The Hall–Kier alpha value is -1.53. The van der Waals surface area contributed by atoms with Gasteiger partial charge in [-0.25, -0.2) is 0 Å². The molecule has 5 N–H and O–H groups in total. The Labute approximate surface area is 127 Å². The Morgan fingerprint density at radius 1 is 1.00 bits per heavy atom. The van der Waals surface area contributed by atoms with Gasteiger partial charge in [0, 0.05) is 8.95 Å². The lowest BCUT2D eigenvalue weighted by Crippen LogP contribution is -2.14. The van der Waals surface area contributed by atoms with Crippen LogP contribution in [0.4, 0.5) is 17.1 Å². The molecule has 0 spiro atoms. The van der Waals surface area contributed by atoms with E-state index >= 15 is 0 Å². The third-order valence-corrected chi connectivity index (χ3v) is 3.90. The fourth-order valence-electron chi connectivity index (χ4n) is 1.66. The van der Waals surface area contributed by atoms with Gasteiger partial charge in [-0.3, -0.25) is 4.79 Å². The fraction of sp³-hybridized carbons (Fsp3) is 0. The zero-order chi connectivity index (χ0) is 14.0. The van der Waals surface area contributed by atoms with Crippen LogP contribution >= 0.6 is 31.9 Å². The predicted molar refractivity (Wildman–Crippen MR) is 84.5 cm³/mol. The van der Waals surface area contributed by atoms with Crippen molar-refractivity contribution >= 4 is 54.8 Å². The third kappa shape index (κ3) is 2.90. The summed E-state index contributed by atoms with van der Waals surface area (Å²) in [6, 6.07) is 10.7. The molecular weight excluding hydrogens is 374 g/mol. The minimum Gasteiger partial charge on any atom is -0.397 e. The Balaban J connectivity index is 2.52. The number of nitrogens with one attached hydrogen (secondary N) is 1. The van der Waals surface area contributed by atoms with E-state index in [-0.39, 0.29) is 0 Å². The van der Waals surface area contributed by atoms with Gasteiger partial charge < -0.3 is 16.8 Å². The van der Waals surface area contributed by atoms with E-state index in [0.717, 1.165) is 14.6 Å². The molecule has 0 heterocycles. The molecule has 4 nitrogen and oxygen atoms in total. The lowest BCUT2D eigenvalue weighted by molar-refractivity contribution is 0.100. The minimum atomic E-state index is -0.530. The fourth-order valence-corrected chi connectivity index (χ4v) is 2.85. The van der Waals surface area contributed by atoms with Crippen LogP contribution in [0.5, 0.6) is 0 Å². The van der Waals surface area contributed by atoms with E-state index < -0.39 is 5.91 Å². The van der Waals surface area contributed by atoms with E-state index in [1.54, 1.807) is 18.2 Å². The van der Waals surface area contributed by atoms with Crippen molar-refractivity contribution < 1.29 is 4.79 Å². The number of hydrogen-bond donors (Lipinski definition) is 3. The summed E-state index contributed by atoms with van der Waals surface area (Å²) in [6.07, 6.45) is 0. The molecule has 0 saturated heterocycles. The highest BCUT2D eigenvalue weighted by Gasteiger charge is 2.13. The van der Waals surface area contributed by atoms with Gasteiger partial charge in [0.15, 0.2) is 0 Å². The third-order valence-electron chi connectivity index (χ3n) is 2.57. The molecule has 0 fully saturated rings. The normalized spacial score (nSPS) is 10.2. The summed E-state index contributed by atoms with van der Waals surface area (Å²) in [5.41, 5.74) is 13.4. The number of carbonyl (C=O) groups is 1. The maximum Gasteiger partial charge on any atom is 0.250 e. The van der Waals surface area contributed by atoms with Gasteiger partial charge in [0.2, 0.25) is 0 Å². The van der Waals surface area contributed by atoms with Crippen molar-refractivity contribution in [2.45, 2.75) is 0 Å². The molecule has 6 heteroatoms. The summed E-state index contributed by atoms with van der Waals surface area (Å²) in [5.74, 6) is -0.530. The summed E-state index contributed by atoms with van der Waals surface area (Å²) in [6.45, 7) is 0. The summed E-state index contributed by atoms with van der Waals surface area (Å²) in [4.78, 5) is 11.4. The van der Waals surface area contributed by atoms with Crippen LogP contribution in [0, 0.1) is 0 Å². The summed E-state index contributed by atoms with van der Waals surface area (Å²) >= 11 is 6.88. The lowest BCUT2D eigenvalue weighted by Gasteiger charge is -2.15. The van der Waals surface area contributed by atoms with Crippen molar-refractivity contribution in [3.8, 4) is 0 Å². The number of nitrogens with two attached hydrogens (primary N) is 2. The molecule has 0 aliphatic carbocycles. The van der Waals surface area contributed by atoms with Gasteiger partial charge in [-0.1, -0.05) is 12.1 Å². The number of carbonyl (C=O) groups excluding carboxylic acids is 1. The van der Waals surface area contributed by atoms with Gasteiger partial charge in [0.25, 0.3) is 5.91 Å². The molecule has 98 valence electrons. The molecule has 0 saturated carbocycles. The van der Waals surface area contributed by atoms with Crippen molar-refractivity contribution in [3.63, 3.8) is 0 Å². The quantitative estimate of drug-likeness (QED) is 0.706. The molecule has 0 aromatic heterocycles. The van der Waals surface area contributed by atoms with Crippen LogP contribution < -0.4 is 16.8 Å². The first-order valence-electron chi connectivity index (χ1n) is 5.40. The SMILES string of the molecule is NC(=O)c1cccc(N)c1Nc1c(Br)cccc1Br. The highest BCUT2D eigenvalue weighted by Crippen LogP contribution is 2.36. The van der Waals surface area contributed by atoms with Crippen molar-refractivity contribution in [2.24, 2.45) is 5.73 Å². The second kappa shape index (κ2) is 5.63. The van der Waals surface area contributed by atoms with E-state index in [0.29, 0.717) is 16.9 Å². The highest BCUT2D eigenvalue weighted by molar-refractivity contribution is 9.11. The number of amides is 1. The summed E-state index contributed by atoms with van der Waals surface area (Å²) < 4.78 is 1.70. The van der Waals surface area contributed by atoms with E-state index in [9.17, 15) is 4.79 Å². The number of hydrogen-bond acceptors (Lipinski definition) is 3. The molecule has 2 aromatic rings. The smallest absolute Gasteiger partial charge is 0.250 e. The van der Waals surface area contributed by atoms with Crippen molar-refractivity contribution in [1.82, 2.24) is 0 Å². The number of primary amides is 1. The van der Waals surface area contributed by atoms with Gasteiger partial charge in [-0.2, -0.15) is 0 Å². The Morgan fingerprint density at radius 2 is 1.58 bits per heavy atom. The standard InChI is InChI=1S/C13H11Br2N3O/c14-8-4-2-5-9(15)12(8)18-11-7(13(17)19)3-1-6-10(11)16/h1-6,18H,16H2,(H2,17,19). The van der Waals surface area contributed by atoms with Gasteiger partial charge in [0.1, 0.15) is 0 Å². The summed E-state index contributed by atoms with van der Waals surface area (Å²) in [7, 11) is 0. The van der Waals surface area contributed by atoms with E-state index in [1.165, 1.54) is 0 Å². The number of rotatable bonds is 3. The van der Waals surface area contributed by atoms with Crippen LogP contribution in [0.3, 0.4) is 0 Å². The van der Waals surface area contributed by atoms with Crippen LogP contribution in [-0.2, 0) is 0 Å². The number of nitrogen functional groups attached to an aromatic ring is 1. The zero-order valence-electron chi connectivity index (χ0n) is 9.78. The van der Waals surface area contributed by atoms with E-state index in [4.69, 9.17) is 11.5 Å². The van der Waals surface area contributed by atoms with Crippen LogP contribution in [0.2, 0.25) is 0 Å². The molecule has 2 rings (SSSR count). The molecule has 0 atom stereocenters. The first kappa shape index (κ1) is 13.9. The topological polar surface area (TPSA) is 81.1 Å². The number of anilines is 3. The minimum absolute atomic E-state index is 0.350. The van der Waals surface area contributed by atoms with Crippen LogP contribution in [0.15, 0.2) is 45.3 Å². The summed E-state index contributed by atoms with van der Waals surface area (Å²) in [5, 5.41) is 3.14. The maximum atomic E-state index is 11.4. The molecule has 0 aliphatic heterocycles. The molecule has 1 amide bonds. The van der Waals surface area contributed by atoms with Crippen LogP contribution in [-0.4, -0.2) is 5.91 Å². The van der Waals surface area contributed by atoms with Gasteiger partial charge in [0.05, 0.1) is 22.6 Å². The number of para-hydroxylation sites is 2. The Bertz CT molecular complexity index is 624. The lowest BCUT2D eigenvalue weighted by atomic mass is 10.1. The molecule has 0 radical (unpaired) electrons. The molecular formula is C13H11Br2N3O. The van der Waals surface area contributed by atoms with Gasteiger partial charge >= 0.3 is 0 Å². The van der Waals surface area contributed by atoms with Crippen molar-refractivity contribution in [3.05, 3.63) is 50.9 Å². The van der Waals surface area contributed by atoms with Gasteiger partial charge in [-0.15, -0.1) is 0 Å². The average molecular weight is 385 g/mol. The van der Waals surface area contributed by atoms with Crippen molar-refractivity contribution in [1.29, 1.82) is 0 Å². The Morgan fingerprint density at radius 3 is 2.16 bits per heavy atom. The molecule has 19 heavy (non-hydrogen) atoms. The predicted octanol–water partition coefficient (Wildman–Crippen LogP) is 3.64. The second-order valence-corrected chi connectivity index (χ2v) is 5.56. The monoisotopic (exact) mass is 383 g/mol. The average Bonchev–Trinajstić information content (AvgIpc) is 2.35. The molecule has 0 aliphatic rings. The molecule has 2 aromatic carbocycles. The first-order chi connectivity index (χ1) is 9.00. The molecule has 0 unspecified atom stereocenters. The first-order valence-corrected chi connectivity index (χ1v) is 6.98. The van der Waals surface area contributed by atoms with Crippen molar-refractivity contribution in [2.75, 3.05) is 11.1 Å². The Kier molecular flexibility index (Phi) is 4.11. The largest absolute Gasteiger partial charge is 0.397 e. The van der Waals surface area contributed by atoms with Crippen LogP contribution in [0.1, 0.15) is 10.4 Å². The van der Waals surface area contributed by atoms with Gasteiger partial charge in [-0.05, 0) is 56.1 Å². The van der Waals surface area contributed by atoms with E-state index in [1.807, 2.05) is 18.2 Å². The van der Waals surface area contributed by atoms with Crippen LogP contribution in [0.25, 0.3) is 0 Å². The highest BCUT2D eigenvalue weighted by atomic mass is 79.9. The molecule has 0 bridgehead atoms. The van der Waals surface area contributed by atoms with E-state index in [2.05, 4.69) is 37.2 Å². The maximum absolute atomic E-state index is 11.4. The second-order valence-electron chi connectivity index (χ2n) is 3.86. The number of halogens is 2. The zero-order valence-corrected chi connectivity index (χ0v) is 13.0. The number of benzene rings is 2.